The number of likely N-dealkylation sites (N-methyl/N-ethyl adjacent to an activating group) is 1. The first-order chi connectivity index (χ1) is 10.6. The summed E-state index contributed by atoms with van der Waals surface area (Å²) in [5.41, 5.74) is 1.22. The number of piperazine rings is 1. The molecule has 5 heteroatoms. The summed E-state index contributed by atoms with van der Waals surface area (Å²) in [4.78, 5) is 18.5. The fourth-order valence-electron chi connectivity index (χ4n) is 2.76. The van der Waals surface area contributed by atoms with Gasteiger partial charge in [0.15, 0.2) is 0 Å². The third-order valence-electron chi connectivity index (χ3n) is 3.96. The lowest BCUT2D eigenvalue weighted by Crippen LogP contribution is -2.51. The number of nitriles is 1. The SMILES string of the molecule is C[C@@H](C#N)CN(C)CC(=O)N1CCN(c2ccccc2)CC1. The number of benzene rings is 1. The van der Waals surface area contributed by atoms with Gasteiger partial charge in [0.25, 0.3) is 0 Å². The van der Waals surface area contributed by atoms with E-state index in [0.717, 1.165) is 26.2 Å². The van der Waals surface area contributed by atoms with E-state index < -0.39 is 0 Å². The Hall–Kier alpha value is -2.06. The second-order valence-corrected chi connectivity index (χ2v) is 5.93. The van der Waals surface area contributed by atoms with Crippen LogP contribution in [-0.2, 0) is 4.79 Å². The molecule has 1 atom stereocenters. The molecule has 2 rings (SSSR count). The number of hydrogen-bond donors (Lipinski definition) is 0. The van der Waals surface area contributed by atoms with Crippen molar-refractivity contribution in [3.05, 3.63) is 30.3 Å². The summed E-state index contributed by atoms with van der Waals surface area (Å²) >= 11 is 0. The summed E-state index contributed by atoms with van der Waals surface area (Å²) in [6.07, 6.45) is 0. The molecule has 22 heavy (non-hydrogen) atoms. The van der Waals surface area contributed by atoms with E-state index in [1.54, 1.807) is 0 Å². The minimum absolute atomic E-state index is 0.0484. The van der Waals surface area contributed by atoms with Gasteiger partial charge < -0.3 is 9.80 Å². The standard InChI is InChI=1S/C17H24N4O/c1-15(12-18)13-19(2)14-17(22)21-10-8-20(9-11-21)16-6-4-3-5-7-16/h3-7,15H,8-11,13-14H2,1-2H3/t15-/m0/s1. The van der Waals surface area contributed by atoms with Crippen molar-refractivity contribution in [1.82, 2.24) is 9.80 Å². The van der Waals surface area contributed by atoms with Crippen LogP contribution in [0, 0.1) is 17.2 Å². The van der Waals surface area contributed by atoms with Crippen LogP contribution >= 0.6 is 0 Å². The Kier molecular flexibility index (Phi) is 5.79. The van der Waals surface area contributed by atoms with Gasteiger partial charge >= 0.3 is 0 Å². The maximum absolute atomic E-state index is 12.3. The number of carbonyl (C=O) groups is 1. The smallest absolute Gasteiger partial charge is 0.236 e. The summed E-state index contributed by atoms with van der Waals surface area (Å²) in [5, 5.41) is 8.83. The average molecular weight is 300 g/mol. The van der Waals surface area contributed by atoms with Crippen molar-refractivity contribution in [1.29, 1.82) is 5.26 Å². The van der Waals surface area contributed by atoms with Gasteiger partial charge in [-0.3, -0.25) is 9.69 Å². The minimum atomic E-state index is -0.0484. The van der Waals surface area contributed by atoms with E-state index in [9.17, 15) is 4.79 Å². The second-order valence-electron chi connectivity index (χ2n) is 5.93. The van der Waals surface area contributed by atoms with Crippen molar-refractivity contribution in [2.75, 3.05) is 51.2 Å². The lowest BCUT2D eigenvalue weighted by Gasteiger charge is -2.36. The Morgan fingerprint density at radius 3 is 2.50 bits per heavy atom. The Bertz CT molecular complexity index is 517. The topological polar surface area (TPSA) is 50.6 Å². The number of rotatable bonds is 5. The molecule has 1 aromatic carbocycles. The first kappa shape index (κ1) is 16.3. The zero-order valence-corrected chi connectivity index (χ0v) is 13.4. The van der Waals surface area contributed by atoms with Crippen LogP contribution in [0.3, 0.4) is 0 Å². The van der Waals surface area contributed by atoms with Gasteiger partial charge in [0.2, 0.25) is 5.91 Å². The molecule has 1 aromatic rings. The van der Waals surface area contributed by atoms with Crippen LogP contribution in [0.5, 0.6) is 0 Å². The Labute approximate surface area is 132 Å². The maximum atomic E-state index is 12.3. The molecule has 118 valence electrons. The fraction of sp³-hybridized carbons (Fsp3) is 0.529. The molecule has 1 fully saturated rings. The van der Waals surface area contributed by atoms with E-state index in [4.69, 9.17) is 5.26 Å². The minimum Gasteiger partial charge on any atom is -0.368 e. The van der Waals surface area contributed by atoms with Crippen LogP contribution in [0.4, 0.5) is 5.69 Å². The van der Waals surface area contributed by atoms with E-state index in [1.807, 2.05) is 42.0 Å². The highest BCUT2D eigenvalue weighted by Gasteiger charge is 2.22. The molecule has 5 nitrogen and oxygen atoms in total. The lowest BCUT2D eigenvalue weighted by molar-refractivity contribution is -0.132. The molecule has 0 aromatic heterocycles. The first-order valence-corrected chi connectivity index (χ1v) is 7.76. The third-order valence-corrected chi connectivity index (χ3v) is 3.96. The molecule has 1 heterocycles. The van der Waals surface area contributed by atoms with Crippen molar-refractivity contribution in [3.8, 4) is 6.07 Å². The van der Waals surface area contributed by atoms with Gasteiger partial charge in [-0.05, 0) is 26.1 Å². The highest BCUT2D eigenvalue weighted by molar-refractivity contribution is 5.78. The van der Waals surface area contributed by atoms with Crippen molar-refractivity contribution >= 4 is 11.6 Å². The molecule has 0 aliphatic carbocycles. The Morgan fingerprint density at radius 1 is 1.27 bits per heavy atom. The molecule has 0 spiro atoms. The highest BCUT2D eigenvalue weighted by atomic mass is 16.2. The molecule has 1 amide bonds. The molecular formula is C17H24N4O. The third kappa shape index (κ3) is 4.47. The molecule has 0 N–H and O–H groups in total. The zero-order valence-electron chi connectivity index (χ0n) is 13.4. The normalized spacial score (nSPS) is 16.5. The Balaban J connectivity index is 1.79. The van der Waals surface area contributed by atoms with E-state index in [2.05, 4.69) is 23.1 Å². The molecule has 0 saturated carbocycles. The molecule has 1 aliphatic rings. The van der Waals surface area contributed by atoms with Crippen molar-refractivity contribution in [2.24, 2.45) is 5.92 Å². The number of anilines is 1. The van der Waals surface area contributed by atoms with E-state index in [-0.39, 0.29) is 11.8 Å². The monoisotopic (exact) mass is 300 g/mol. The fourth-order valence-corrected chi connectivity index (χ4v) is 2.76. The van der Waals surface area contributed by atoms with Crippen LogP contribution in [0.2, 0.25) is 0 Å². The van der Waals surface area contributed by atoms with Gasteiger partial charge in [0, 0.05) is 38.4 Å². The quantitative estimate of drug-likeness (QED) is 0.825. The van der Waals surface area contributed by atoms with Crippen molar-refractivity contribution in [3.63, 3.8) is 0 Å². The van der Waals surface area contributed by atoms with Crippen molar-refractivity contribution < 1.29 is 4.79 Å². The van der Waals surface area contributed by atoms with Crippen LogP contribution < -0.4 is 4.90 Å². The molecule has 1 aliphatic heterocycles. The van der Waals surface area contributed by atoms with Gasteiger partial charge in [0.1, 0.15) is 0 Å². The van der Waals surface area contributed by atoms with E-state index in [1.165, 1.54) is 5.69 Å². The molecule has 0 bridgehead atoms. The van der Waals surface area contributed by atoms with Gasteiger partial charge in [-0.15, -0.1) is 0 Å². The number of para-hydroxylation sites is 1. The van der Waals surface area contributed by atoms with Gasteiger partial charge in [-0.2, -0.15) is 5.26 Å². The van der Waals surface area contributed by atoms with E-state index >= 15 is 0 Å². The summed E-state index contributed by atoms with van der Waals surface area (Å²) in [6, 6.07) is 12.5. The predicted molar refractivity (Wildman–Crippen MR) is 87.5 cm³/mol. The lowest BCUT2D eigenvalue weighted by atomic mass is 10.2. The largest absolute Gasteiger partial charge is 0.368 e. The van der Waals surface area contributed by atoms with Crippen LogP contribution in [-0.4, -0.2) is 62.0 Å². The summed E-state index contributed by atoms with van der Waals surface area (Å²) in [7, 11) is 1.89. The number of hydrogen-bond acceptors (Lipinski definition) is 4. The van der Waals surface area contributed by atoms with Crippen LogP contribution in [0.25, 0.3) is 0 Å². The summed E-state index contributed by atoms with van der Waals surface area (Å²) in [5.74, 6) is 0.105. The zero-order chi connectivity index (χ0) is 15.9. The van der Waals surface area contributed by atoms with Crippen LogP contribution in [0.15, 0.2) is 30.3 Å². The van der Waals surface area contributed by atoms with Crippen LogP contribution in [0.1, 0.15) is 6.92 Å². The first-order valence-electron chi connectivity index (χ1n) is 7.76. The van der Waals surface area contributed by atoms with Crippen molar-refractivity contribution in [2.45, 2.75) is 6.92 Å². The highest BCUT2D eigenvalue weighted by Crippen LogP contribution is 2.15. The predicted octanol–water partition coefficient (Wildman–Crippen LogP) is 1.43. The number of carbonyl (C=O) groups excluding carboxylic acids is 1. The number of nitrogens with zero attached hydrogens (tertiary/aromatic N) is 4. The Morgan fingerprint density at radius 2 is 1.91 bits per heavy atom. The second kappa shape index (κ2) is 7.81. The molecule has 1 saturated heterocycles. The molecular weight excluding hydrogens is 276 g/mol. The molecule has 0 unspecified atom stereocenters. The summed E-state index contributed by atoms with van der Waals surface area (Å²) < 4.78 is 0. The maximum Gasteiger partial charge on any atom is 0.236 e. The average Bonchev–Trinajstić information content (AvgIpc) is 2.55. The van der Waals surface area contributed by atoms with Gasteiger partial charge in [-0.1, -0.05) is 18.2 Å². The molecule has 0 radical (unpaired) electrons. The summed E-state index contributed by atoms with van der Waals surface area (Å²) in [6.45, 7) is 6.15. The van der Waals surface area contributed by atoms with Gasteiger partial charge in [-0.25, -0.2) is 0 Å². The van der Waals surface area contributed by atoms with Gasteiger partial charge in [0.05, 0.1) is 18.5 Å². The van der Waals surface area contributed by atoms with E-state index in [0.29, 0.717) is 13.1 Å². The number of amides is 1.